The lowest BCUT2D eigenvalue weighted by Crippen LogP contribution is -2.14. The quantitative estimate of drug-likeness (QED) is 0.572. The molecule has 0 radical (unpaired) electrons. The lowest BCUT2D eigenvalue weighted by atomic mass is 10.2. The van der Waals surface area contributed by atoms with Gasteiger partial charge in [-0.05, 0) is 50.6 Å². The SMILES string of the molecule is CC(=O)Nc1ccc(SCC(=O)c2cc(C)n([C@@H]3CCS(=O)(=O)C3)c2C)cc1. The number of ketones is 1. The number of Topliss-reactive ketones (excluding diaryl/α,β-unsaturated/α-hetero) is 1. The van der Waals surface area contributed by atoms with Gasteiger partial charge >= 0.3 is 0 Å². The molecular formula is C20H24N2O4S2. The summed E-state index contributed by atoms with van der Waals surface area (Å²) in [5, 5.41) is 2.71. The summed E-state index contributed by atoms with van der Waals surface area (Å²) in [6.07, 6.45) is 0.599. The Balaban J connectivity index is 1.68. The number of carbonyl (C=O) groups is 2. The fraction of sp³-hybridized carbons (Fsp3) is 0.400. The standard InChI is InChI=1S/C20H24N2O4S2/c1-13-10-19(14(2)22(13)17-8-9-28(25,26)12-17)20(24)11-27-18-6-4-16(5-7-18)21-15(3)23/h4-7,10,17H,8-9,11-12H2,1-3H3,(H,21,23)/t17-/m1/s1. The summed E-state index contributed by atoms with van der Waals surface area (Å²) < 4.78 is 25.6. The molecule has 1 N–H and O–H groups in total. The smallest absolute Gasteiger partial charge is 0.221 e. The summed E-state index contributed by atoms with van der Waals surface area (Å²) in [5.74, 6) is 0.554. The minimum absolute atomic E-state index is 0.0242. The van der Waals surface area contributed by atoms with E-state index in [1.807, 2.05) is 36.6 Å². The zero-order chi connectivity index (χ0) is 20.5. The maximum absolute atomic E-state index is 12.7. The van der Waals surface area contributed by atoms with Crippen molar-refractivity contribution in [2.24, 2.45) is 0 Å². The number of nitrogens with one attached hydrogen (secondary N) is 1. The van der Waals surface area contributed by atoms with Gasteiger partial charge in [-0.1, -0.05) is 0 Å². The topological polar surface area (TPSA) is 85.2 Å². The molecule has 0 saturated carbocycles. The number of aromatic nitrogens is 1. The van der Waals surface area contributed by atoms with E-state index in [2.05, 4.69) is 5.32 Å². The summed E-state index contributed by atoms with van der Waals surface area (Å²) in [5.41, 5.74) is 3.14. The van der Waals surface area contributed by atoms with E-state index in [1.54, 1.807) is 12.1 Å². The molecule has 1 aliphatic rings. The molecule has 1 fully saturated rings. The van der Waals surface area contributed by atoms with Gasteiger partial charge in [0, 0.05) is 40.5 Å². The van der Waals surface area contributed by atoms with E-state index in [9.17, 15) is 18.0 Å². The second-order valence-corrected chi connectivity index (χ2v) is 10.4. The van der Waals surface area contributed by atoms with Gasteiger partial charge in [-0.2, -0.15) is 0 Å². The molecule has 28 heavy (non-hydrogen) atoms. The van der Waals surface area contributed by atoms with Crippen LogP contribution in [0.25, 0.3) is 0 Å². The van der Waals surface area contributed by atoms with Gasteiger partial charge in [-0.25, -0.2) is 8.42 Å². The van der Waals surface area contributed by atoms with E-state index in [4.69, 9.17) is 0 Å². The van der Waals surface area contributed by atoms with Crippen LogP contribution in [-0.2, 0) is 14.6 Å². The van der Waals surface area contributed by atoms with E-state index in [1.165, 1.54) is 18.7 Å². The molecule has 0 aliphatic carbocycles. The first-order valence-corrected chi connectivity index (χ1v) is 11.9. The Hall–Kier alpha value is -2.06. The van der Waals surface area contributed by atoms with Gasteiger partial charge < -0.3 is 9.88 Å². The third-order valence-corrected chi connectivity index (χ3v) is 7.67. The minimum Gasteiger partial charge on any atom is -0.344 e. The van der Waals surface area contributed by atoms with Crippen molar-refractivity contribution in [3.05, 3.63) is 47.3 Å². The largest absolute Gasteiger partial charge is 0.344 e. The number of hydrogen-bond donors (Lipinski definition) is 1. The van der Waals surface area contributed by atoms with Crippen LogP contribution in [0, 0.1) is 13.8 Å². The fourth-order valence-corrected chi connectivity index (χ4v) is 6.15. The van der Waals surface area contributed by atoms with Crippen molar-refractivity contribution >= 4 is 39.0 Å². The number of benzene rings is 1. The van der Waals surface area contributed by atoms with Crippen molar-refractivity contribution in [1.82, 2.24) is 4.57 Å². The zero-order valence-corrected chi connectivity index (χ0v) is 17.8. The fourth-order valence-electron chi connectivity index (χ4n) is 3.66. The molecule has 1 atom stereocenters. The first kappa shape index (κ1) is 20.7. The first-order valence-electron chi connectivity index (χ1n) is 9.09. The number of anilines is 1. The molecule has 2 aromatic rings. The van der Waals surface area contributed by atoms with Crippen molar-refractivity contribution in [2.75, 3.05) is 22.6 Å². The predicted octanol–water partition coefficient (Wildman–Crippen LogP) is 3.40. The Morgan fingerprint density at radius 3 is 2.46 bits per heavy atom. The van der Waals surface area contributed by atoms with Crippen LogP contribution in [-0.4, -0.2) is 41.9 Å². The molecule has 1 aromatic carbocycles. The Labute approximate surface area is 169 Å². The number of hydrogen-bond acceptors (Lipinski definition) is 5. The number of amides is 1. The Morgan fingerprint density at radius 1 is 1.21 bits per heavy atom. The number of nitrogens with zero attached hydrogens (tertiary/aromatic N) is 1. The molecule has 3 rings (SSSR count). The number of sulfone groups is 1. The number of aryl methyl sites for hydroxylation is 1. The van der Waals surface area contributed by atoms with Gasteiger partial charge in [-0.3, -0.25) is 9.59 Å². The second-order valence-electron chi connectivity index (χ2n) is 7.13. The van der Waals surface area contributed by atoms with Gasteiger partial charge in [0.15, 0.2) is 15.6 Å². The summed E-state index contributed by atoms with van der Waals surface area (Å²) in [4.78, 5) is 24.8. The van der Waals surface area contributed by atoms with Crippen LogP contribution in [0.1, 0.15) is 41.1 Å². The van der Waals surface area contributed by atoms with E-state index in [0.29, 0.717) is 17.7 Å². The lowest BCUT2D eigenvalue weighted by molar-refractivity contribution is -0.114. The molecule has 0 spiro atoms. The lowest BCUT2D eigenvalue weighted by Gasteiger charge is -2.16. The second kappa shape index (κ2) is 8.13. The van der Waals surface area contributed by atoms with Gasteiger partial charge in [0.25, 0.3) is 0 Å². The number of rotatable bonds is 6. The highest BCUT2D eigenvalue weighted by atomic mass is 32.2. The van der Waals surface area contributed by atoms with Crippen molar-refractivity contribution in [3.8, 4) is 0 Å². The average molecular weight is 421 g/mol. The Morgan fingerprint density at radius 2 is 1.89 bits per heavy atom. The van der Waals surface area contributed by atoms with Crippen LogP contribution in [0.5, 0.6) is 0 Å². The predicted molar refractivity (Wildman–Crippen MR) is 112 cm³/mol. The van der Waals surface area contributed by atoms with Crippen LogP contribution < -0.4 is 5.32 Å². The first-order chi connectivity index (χ1) is 13.2. The van der Waals surface area contributed by atoms with E-state index in [0.717, 1.165) is 22.0 Å². The van der Waals surface area contributed by atoms with Gasteiger partial charge in [0.2, 0.25) is 5.91 Å². The molecule has 150 valence electrons. The van der Waals surface area contributed by atoms with Crippen LogP contribution in [0.15, 0.2) is 35.2 Å². The molecule has 0 unspecified atom stereocenters. The van der Waals surface area contributed by atoms with Crippen molar-refractivity contribution in [3.63, 3.8) is 0 Å². The molecule has 2 heterocycles. The molecule has 1 aromatic heterocycles. The highest BCUT2D eigenvalue weighted by molar-refractivity contribution is 8.00. The van der Waals surface area contributed by atoms with E-state index < -0.39 is 9.84 Å². The third kappa shape index (κ3) is 4.67. The third-order valence-electron chi connectivity index (χ3n) is 4.90. The Kier molecular flexibility index (Phi) is 6.00. The molecule has 1 amide bonds. The normalized spacial score (nSPS) is 18.2. The maximum atomic E-state index is 12.7. The number of carbonyl (C=O) groups excluding carboxylic acids is 2. The molecular weight excluding hydrogens is 396 g/mol. The van der Waals surface area contributed by atoms with Crippen LogP contribution in [0.2, 0.25) is 0 Å². The number of thioether (sulfide) groups is 1. The van der Waals surface area contributed by atoms with Crippen molar-refractivity contribution < 1.29 is 18.0 Å². The molecule has 1 saturated heterocycles. The van der Waals surface area contributed by atoms with Gasteiger partial charge in [-0.15, -0.1) is 11.8 Å². The molecule has 8 heteroatoms. The van der Waals surface area contributed by atoms with Gasteiger partial charge in [0.1, 0.15) is 0 Å². The molecule has 6 nitrogen and oxygen atoms in total. The highest BCUT2D eigenvalue weighted by Gasteiger charge is 2.31. The van der Waals surface area contributed by atoms with Crippen LogP contribution in [0.3, 0.4) is 0 Å². The molecule has 1 aliphatic heterocycles. The van der Waals surface area contributed by atoms with E-state index >= 15 is 0 Å². The summed E-state index contributed by atoms with van der Waals surface area (Å²) in [7, 11) is -2.98. The van der Waals surface area contributed by atoms with Crippen molar-refractivity contribution in [1.29, 1.82) is 0 Å². The zero-order valence-electron chi connectivity index (χ0n) is 16.2. The average Bonchev–Trinajstić information content (AvgIpc) is 3.11. The maximum Gasteiger partial charge on any atom is 0.221 e. The summed E-state index contributed by atoms with van der Waals surface area (Å²) >= 11 is 1.44. The van der Waals surface area contributed by atoms with E-state index in [-0.39, 0.29) is 29.2 Å². The monoisotopic (exact) mass is 420 g/mol. The van der Waals surface area contributed by atoms with Gasteiger partial charge in [0.05, 0.1) is 17.3 Å². The van der Waals surface area contributed by atoms with Crippen LogP contribution in [0.4, 0.5) is 5.69 Å². The summed E-state index contributed by atoms with van der Waals surface area (Å²) in [6.45, 7) is 5.26. The highest BCUT2D eigenvalue weighted by Crippen LogP contribution is 2.30. The van der Waals surface area contributed by atoms with Crippen LogP contribution >= 0.6 is 11.8 Å². The molecule has 0 bridgehead atoms. The summed E-state index contributed by atoms with van der Waals surface area (Å²) in [6, 6.07) is 9.14. The minimum atomic E-state index is -2.98. The Bertz CT molecular complexity index is 1010. The van der Waals surface area contributed by atoms with Crippen molar-refractivity contribution in [2.45, 2.75) is 38.1 Å².